The molecule has 1 N–H and O–H groups in total. The highest BCUT2D eigenvalue weighted by molar-refractivity contribution is 5.90. The van der Waals surface area contributed by atoms with Crippen LogP contribution in [0.4, 0.5) is 0 Å². The summed E-state index contributed by atoms with van der Waals surface area (Å²) in [5, 5.41) is 12.8. The SMILES string of the molecule is O=C(c1nnc(-c2cnccn2)o1)N1CCc2[nH]cnc2[C@H]1c1cc2c(C3CC3)cccn2n1. The van der Waals surface area contributed by atoms with Crippen molar-refractivity contribution >= 4 is 11.4 Å². The molecule has 5 aromatic heterocycles. The van der Waals surface area contributed by atoms with E-state index in [-0.39, 0.29) is 17.7 Å². The number of carbonyl (C=O) groups excluding carboxylic acids is 1. The first kappa shape index (κ1) is 19.1. The molecule has 0 saturated heterocycles. The smallest absolute Gasteiger partial charge is 0.312 e. The number of pyridine rings is 1. The van der Waals surface area contributed by atoms with Gasteiger partial charge in [-0.25, -0.2) is 14.5 Å². The van der Waals surface area contributed by atoms with Gasteiger partial charge < -0.3 is 14.3 Å². The number of hydrogen-bond acceptors (Lipinski definition) is 8. The summed E-state index contributed by atoms with van der Waals surface area (Å²) < 4.78 is 7.58. The molecule has 0 radical (unpaired) electrons. The van der Waals surface area contributed by atoms with Crippen LogP contribution in [0.5, 0.6) is 0 Å². The van der Waals surface area contributed by atoms with Crippen molar-refractivity contribution in [3.8, 4) is 11.6 Å². The Morgan fingerprint density at radius 1 is 1.18 bits per heavy atom. The van der Waals surface area contributed by atoms with Gasteiger partial charge in [0.1, 0.15) is 11.7 Å². The predicted molar refractivity (Wildman–Crippen MR) is 118 cm³/mol. The zero-order valence-corrected chi connectivity index (χ0v) is 18.0. The summed E-state index contributed by atoms with van der Waals surface area (Å²) in [7, 11) is 0. The molecule has 0 bridgehead atoms. The first-order valence-corrected chi connectivity index (χ1v) is 11.2. The average Bonchev–Trinajstić information content (AvgIpc) is 3.27. The van der Waals surface area contributed by atoms with Crippen LogP contribution in [0.25, 0.3) is 17.1 Å². The number of aromatic nitrogens is 8. The average molecular weight is 453 g/mol. The lowest BCUT2D eigenvalue weighted by Crippen LogP contribution is -2.41. The first-order chi connectivity index (χ1) is 16.8. The summed E-state index contributed by atoms with van der Waals surface area (Å²) in [6, 6.07) is 5.78. The minimum absolute atomic E-state index is 0.105. The van der Waals surface area contributed by atoms with Crippen LogP contribution in [-0.4, -0.2) is 57.1 Å². The Morgan fingerprint density at radius 3 is 2.97 bits per heavy atom. The molecule has 34 heavy (non-hydrogen) atoms. The minimum atomic E-state index is -0.471. The molecule has 1 aliphatic carbocycles. The van der Waals surface area contributed by atoms with E-state index < -0.39 is 6.04 Å². The largest absolute Gasteiger partial charge is 0.411 e. The van der Waals surface area contributed by atoms with Crippen LogP contribution < -0.4 is 0 Å². The van der Waals surface area contributed by atoms with Crippen LogP contribution in [0.1, 0.15) is 58.1 Å². The van der Waals surface area contributed by atoms with E-state index in [1.807, 2.05) is 16.8 Å². The molecule has 5 aromatic rings. The summed E-state index contributed by atoms with van der Waals surface area (Å²) in [4.78, 5) is 31.2. The summed E-state index contributed by atoms with van der Waals surface area (Å²) in [6.45, 7) is 0.463. The molecule has 1 amide bonds. The van der Waals surface area contributed by atoms with E-state index in [0.29, 0.717) is 24.6 Å². The van der Waals surface area contributed by atoms with E-state index in [4.69, 9.17) is 9.52 Å². The minimum Gasteiger partial charge on any atom is -0.411 e. The van der Waals surface area contributed by atoms with Gasteiger partial charge in [-0.3, -0.25) is 9.78 Å². The maximum Gasteiger partial charge on any atom is 0.312 e. The number of imidazole rings is 1. The van der Waals surface area contributed by atoms with Gasteiger partial charge in [-0.05, 0) is 36.5 Å². The van der Waals surface area contributed by atoms with Gasteiger partial charge >= 0.3 is 11.8 Å². The van der Waals surface area contributed by atoms with E-state index in [1.54, 1.807) is 17.4 Å². The molecule has 11 heteroatoms. The molecule has 0 aromatic carbocycles. The number of nitrogens with zero attached hydrogens (tertiary/aromatic N) is 8. The Bertz CT molecular complexity index is 1520. The highest BCUT2D eigenvalue weighted by Gasteiger charge is 2.38. The molecule has 1 fully saturated rings. The van der Waals surface area contributed by atoms with Crippen molar-refractivity contribution in [2.24, 2.45) is 0 Å². The monoisotopic (exact) mass is 453 g/mol. The fourth-order valence-electron chi connectivity index (χ4n) is 4.67. The molecule has 6 heterocycles. The normalized spacial score (nSPS) is 17.8. The standard InChI is InChI=1S/C23H19N9O2/c33-23(22-29-28-21(34-22)17-11-24-6-7-25-17)31-9-5-15-19(27-12-26-15)20(31)16-10-18-14(13-3-4-13)2-1-8-32(18)30-16/h1-2,6-8,10-13,20H,3-5,9H2,(H,26,27)/t20-/m1/s1. The maximum atomic E-state index is 13.6. The lowest BCUT2D eigenvalue weighted by molar-refractivity contribution is 0.0646. The third kappa shape index (κ3) is 3.00. The van der Waals surface area contributed by atoms with Crippen LogP contribution in [0, 0.1) is 0 Å². The number of H-pyrrole nitrogens is 1. The number of aromatic amines is 1. The van der Waals surface area contributed by atoms with Crippen molar-refractivity contribution in [2.45, 2.75) is 31.2 Å². The van der Waals surface area contributed by atoms with E-state index >= 15 is 0 Å². The van der Waals surface area contributed by atoms with Crippen LogP contribution >= 0.6 is 0 Å². The number of rotatable bonds is 4. The van der Waals surface area contributed by atoms with Crippen LogP contribution in [0.15, 0.2) is 53.7 Å². The number of nitrogens with one attached hydrogen (secondary N) is 1. The Labute approximate surface area is 192 Å². The molecular weight excluding hydrogens is 434 g/mol. The first-order valence-electron chi connectivity index (χ1n) is 11.2. The second-order valence-corrected chi connectivity index (χ2v) is 8.56. The topological polar surface area (TPSA) is 131 Å². The maximum absolute atomic E-state index is 13.6. The Kier molecular flexibility index (Phi) is 4.10. The van der Waals surface area contributed by atoms with Crippen LogP contribution in [0.3, 0.4) is 0 Å². The number of amides is 1. The molecule has 0 unspecified atom stereocenters. The van der Waals surface area contributed by atoms with Gasteiger partial charge in [0.2, 0.25) is 0 Å². The number of carbonyl (C=O) groups is 1. The van der Waals surface area contributed by atoms with Crippen LogP contribution in [-0.2, 0) is 6.42 Å². The van der Waals surface area contributed by atoms with Gasteiger partial charge in [-0.1, -0.05) is 6.07 Å². The van der Waals surface area contributed by atoms with Crippen molar-refractivity contribution in [3.05, 3.63) is 77.8 Å². The molecule has 11 nitrogen and oxygen atoms in total. The molecule has 0 spiro atoms. The van der Waals surface area contributed by atoms with Crippen molar-refractivity contribution in [1.29, 1.82) is 0 Å². The third-order valence-electron chi connectivity index (χ3n) is 6.43. The Hall–Kier alpha value is -4.41. The van der Waals surface area contributed by atoms with Gasteiger partial charge in [0, 0.05) is 37.3 Å². The van der Waals surface area contributed by atoms with E-state index in [9.17, 15) is 4.79 Å². The van der Waals surface area contributed by atoms with Crippen LogP contribution in [0.2, 0.25) is 0 Å². The highest BCUT2D eigenvalue weighted by Crippen LogP contribution is 2.43. The van der Waals surface area contributed by atoms with E-state index in [1.165, 1.54) is 30.8 Å². The van der Waals surface area contributed by atoms with E-state index in [0.717, 1.165) is 22.6 Å². The molecule has 168 valence electrons. The van der Waals surface area contributed by atoms with Crippen molar-refractivity contribution in [2.75, 3.05) is 6.54 Å². The fraction of sp³-hybridized carbons (Fsp3) is 0.261. The molecule has 7 rings (SSSR count). The van der Waals surface area contributed by atoms with Gasteiger partial charge in [0.25, 0.3) is 5.89 Å². The number of hydrogen-bond donors (Lipinski definition) is 1. The van der Waals surface area contributed by atoms with Crippen molar-refractivity contribution in [3.63, 3.8) is 0 Å². The highest BCUT2D eigenvalue weighted by atomic mass is 16.4. The second kappa shape index (κ2) is 7.30. The van der Waals surface area contributed by atoms with Crippen molar-refractivity contribution in [1.82, 2.24) is 44.6 Å². The van der Waals surface area contributed by atoms with E-state index in [2.05, 4.69) is 42.3 Å². The summed E-state index contributed by atoms with van der Waals surface area (Å²) >= 11 is 0. The molecular formula is C23H19N9O2. The molecule has 1 atom stereocenters. The lowest BCUT2D eigenvalue weighted by atomic mass is 9.99. The molecule has 1 saturated carbocycles. The summed E-state index contributed by atoms with van der Waals surface area (Å²) in [6.07, 6.45) is 11.2. The lowest BCUT2D eigenvalue weighted by Gasteiger charge is -2.32. The zero-order valence-electron chi connectivity index (χ0n) is 18.0. The summed E-state index contributed by atoms with van der Waals surface area (Å²) in [5.74, 6) is 0.247. The Morgan fingerprint density at radius 2 is 2.12 bits per heavy atom. The van der Waals surface area contributed by atoms with Gasteiger partial charge in [0.05, 0.1) is 29.4 Å². The quantitative estimate of drug-likeness (QED) is 0.439. The number of fused-ring (bicyclic) bond motifs is 2. The van der Waals surface area contributed by atoms with Gasteiger partial charge in [-0.15, -0.1) is 10.2 Å². The molecule has 2 aliphatic rings. The Balaban J connectivity index is 1.29. The summed E-state index contributed by atoms with van der Waals surface area (Å²) in [5.41, 5.74) is 5.30. The van der Waals surface area contributed by atoms with Gasteiger partial charge in [-0.2, -0.15) is 5.10 Å². The molecule has 1 aliphatic heterocycles. The fourth-order valence-corrected chi connectivity index (χ4v) is 4.67. The predicted octanol–water partition coefficient (Wildman–Crippen LogP) is 2.56. The zero-order chi connectivity index (χ0) is 22.6. The van der Waals surface area contributed by atoms with Crippen molar-refractivity contribution < 1.29 is 9.21 Å². The second-order valence-electron chi connectivity index (χ2n) is 8.56. The van der Waals surface area contributed by atoms with Gasteiger partial charge in [0.15, 0.2) is 0 Å². The third-order valence-corrected chi connectivity index (χ3v) is 6.43.